The van der Waals surface area contributed by atoms with E-state index in [-0.39, 0.29) is 11.9 Å². The molecule has 2 aromatic rings. The van der Waals surface area contributed by atoms with Gasteiger partial charge in [-0.3, -0.25) is 4.79 Å². The normalized spacial score (nSPS) is 16.9. The monoisotopic (exact) mass is 415 g/mol. The van der Waals surface area contributed by atoms with Crippen LogP contribution >= 0.6 is 28.1 Å². The number of hydrogen-bond donors (Lipinski definition) is 3. The zero-order chi connectivity index (χ0) is 18.0. The van der Waals surface area contributed by atoms with Crippen molar-refractivity contribution < 1.29 is 4.79 Å². The van der Waals surface area contributed by atoms with E-state index < -0.39 is 0 Å². The smallest absolute Gasteiger partial charge is 0.255 e. The number of aryl methyl sites for hydroxylation is 1. The lowest BCUT2D eigenvalue weighted by atomic mass is 9.94. The van der Waals surface area contributed by atoms with Crippen molar-refractivity contribution in [1.29, 1.82) is 0 Å². The van der Waals surface area contributed by atoms with Crippen molar-refractivity contribution in [1.82, 2.24) is 10.6 Å². The van der Waals surface area contributed by atoms with Crippen molar-refractivity contribution in [2.45, 2.75) is 19.9 Å². The molecule has 1 aliphatic rings. The number of hydrogen-bond acceptors (Lipinski definition) is 2. The van der Waals surface area contributed by atoms with Crippen molar-refractivity contribution in [3.05, 3.63) is 75.4 Å². The van der Waals surface area contributed by atoms with Crippen LogP contribution in [-0.4, -0.2) is 11.0 Å². The Morgan fingerprint density at radius 3 is 2.36 bits per heavy atom. The first kappa shape index (κ1) is 17.6. The Morgan fingerprint density at radius 2 is 1.72 bits per heavy atom. The molecule has 1 heterocycles. The quantitative estimate of drug-likeness (QED) is 0.657. The lowest BCUT2D eigenvalue weighted by Gasteiger charge is -2.30. The first-order valence-corrected chi connectivity index (χ1v) is 9.06. The Bertz CT molecular complexity index is 844. The molecule has 3 rings (SSSR count). The first-order chi connectivity index (χ1) is 11.9. The molecule has 0 aliphatic carbocycles. The number of allylic oxidation sites excluding steroid dienone is 1. The van der Waals surface area contributed by atoms with Crippen LogP contribution in [0.4, 0.5) is 5.69 Å². The largest absolute Gasteiger partial charge is 0.351 e. The fraction of sp³-hybridized carbons (Fsp3) is 0.158. The fourth-order valence-electron chi connectivity index (χ4n) is 2.74. The molecule has 1 amide bonds. The standard InChI is InChI=1S/C19H18BrN3OS/c1-11-3-5-13(6-4-11)17-16(12(2)21-19(25)23-17)18(24)22-15-9-7-14(20)8-10-15/h3-10,17H,1-2H3,(H,22,24)(H2,21,23,25)/t17-/m0/s1. The second kappa shape index (κ2) is 7.37. The molecule has 3 N–H and O–H groups in total. The fourth-order valence-corrected chi connectivity index (χ4v) is 3.27. The van der Waals surface area contributed by atoms with Gasteiger partial charge in [-0.05, 0) is 55.9 Å². The molecule has 128 valence electrons. The molecule has 0 fully saturated rings. The summed E-state index contributed by atoms with van der Waals surface area (Å²) < 4.78 is 0.963. The minimum atomic E-state index is -0.287. The molecule has 0 saturated heterocycles. The Kier molecular flexibility index (Phi) is 5.20. The van der Waals surface area contributed by atoms with Gasteiger partial charge >= 0.3 is 0 Å². The van der Waals surface area contributed by atoms with Crippen molar-refractivity contribution in [3.63, 3.8) is 0 Å². The number of benzene rings is 2. The minimum Gasteiger partial charge on any atom is -0.351 e. The maximum absolute atomic E-state index is 12.9. The zero-order valence-electron chi connectivity index (χ0n) is 13.9. The number of amides is 1. The number of nitrogens with one attached hydrogen (secondary N) is 3. The summed E-state index contributed by atoms with van der Waals surface area (Å²) in [6.07, 6.45) is 0. The van der Waals surface area contributed by atoms with Gasteiger partial charge in [0.15, 0.2) is 5.11 Å². The number of carbonyl (C=O) groups excluding carboxylic acids is 1. The van der Waals surface area contributed by atoms with Gasteiger partial charge in [0.2, 0.25) is 0 Å². The Hall–Kier alpha value is -2.18. The van der Waals surface area contributed by atoms with E-state index in [0.29, 0.717) is 10.7 Å². The molecular weight excluding hydrogens is 398 g/mol. The number of thiocarbonyl (C=S) groups is 1. The van der Waals surface area contributed by atoms with Crippen LogP contribution in [0.25, 0.3) is 0 Å². The van der Waals surface area contributed by atoms with Crippen LogP contribution in [-0.2, 0) is 4.79 Å². The maximum atomic E-state index is 12.9. The van der Waals surface area contributed by atoms with E-state index >= 15 is 0 Å². The van der Waals surface area contributed by atoms with Crippen LogP contribution in [0.5, 0.6) is 0 Å². The van der Waals surface area contributed by atoms with Crippen molar-refractivity contribution in [2.24, 2.45) is 0 Å². The predicted octanol–water partition coefficient (Wildman–Crippen LogP) is 4.19. The van der Waals surface area contributed by atoms with E-state index in [1.165, 1.54) is 5.56 Å². The molecule has 0 spiro atoms. The molecule has 0 bridgehead atoms. The van der Waals surface area contributed by atoms with Crippen molar-refractivity contribution >= 4 is 44.9 Å². The zero-order valence-corrected chi connectivity index (χ0v) is 16.3. The summed E-state index contributed by atoms with van der Waals surface area (Å²) in [5, 5.41) is 9.72. The second-order valence-corrected chi connectivity index (χ2v) is 7.27. The summed E-state index contributed by atoms with van der Waals surface area (Å²) in [7, 11) is 0. The van der Waals surface area contributed by atoms with Gasteiger partial charge in [-0.1, -0.05) is 45.8 Å². The number of halogens is 1. The topological polar surface area (TPSA) is 53.2 Å². The Labute approximate surface area is 160 Å². The van der Waals surface area contributed by atoms with Crippen molar-refractivity contribution in [2.75, 3.05) is 5.32 Å². The molecular formula is C19H18BrN3OS. The third kappa shape index (κ3) is 4.08. The van der Waals surface area contributed by atoms with Crippen molar-refractivity contribution in [3.8, 4) is 0 Å². The van der Waals surface area contributed by atoms with E-state index in [1.54, 1.807) is 0 Å². The van der Waals surface area contributed by atoms with Crippen LogP contribution < -0.4 is 16.0 Å². The predicted molar refractivity (Wildman–Crippen MR) is 108 cm³/mol. The second-order valence-electron chi connectivity index (χ2n) is 5.94. The van der Waals surface area contributed by atoms with Crippen LogP contribution in [0, 0.1) is 6.92 Å². The van der Waals surface area contributed by atoms with E-state index in [0.717, 1.165) is 21.4 Å². The molecule has 25 heavy (non-hydrogen) atoms. The van der Waals surface area contributed by atoms with Gasteiger partial charge in [0.25, 0.3) is 5.91 Å². The summed E-state index contributed by atoms with van der Waals surface area (Å²) in [6.45, 7) is 3.90. The number of rotatable bonds is 3. The van der Waals surface area contributed by atoms with Crippen LogP contribution in [0.1, 0.15) is 24.1 Å². The van der Waals surface area contributed by atoms with Crippen LogP contribution in [0.2, 0.25) is 0 Å². The highest BCUT2D eigenvalue weighted by atomic mass is 79.9. The van der Waals surface area contributed by atoms with Gasteiger partial charge in [-0.2, -0.15) is 0 Å². The number of carbonyl (C=O) groups is 1. The average Bonchev–Trinajstić information content (AvgIpc) is 2.57. The molecule has 0 aromatic heterocycles. The molecule has 2 aromatic carbocycles. The minimum absolute atomic E-state index is 0.159. The Balaban J connectivity index is 1.92. The molecule has 0 radical (unpaired) electrons. The number of anilines is 1. The van der Waals surface area contributed by atoms with Gasteiger partial charge in [0, 0.05) is 15.9 Å². The summed E-state index contributed by atoms with van der Waals surface area (Å²) in [5.74, 6) is -0.159. The summed E-state index contributed by atoms with van der Waals surface area (Å²) in [5.41, 5.74) is 4.28. The van der Waals surface area contributed by atoms with E-state index in [2.05, 4.69) is 31.9 Å². The molecule has 6 heteroatoms. The van der Waals surface area contributed by atoms with Gasteiger partial charge in [-0.15, -0.1) is 0 Å². The highest BCUT2D eigenvalue weighted by Crippen LogP contribution is 2.28. The highest BCUT2D eigenvalue weighted by molar-refractivity contribution is 9.10. The lowest BCUT2D eigenvalue weighted by Crippen LogP contribution is -2.45. The summed E-state index contributed by atoms with van der Waals surface area (Å²) in [4.78, 5) is 12.9. The SMILES string of the molecule is CC1=C(C(=O)Nc2ccc(Br)cc2)[C@H](c2ccc(C)cc2)NC(=S)N1. The summed E-state index contributed by atoms with van der Waals surface area (Å²) >= 11 is 8.67. The molecule has 4 nitrogen and oxygen atoms in total. The molecule has 1 atom stereocenters. The summed E-state index contributed by atoms with van der Waals surface area (Å²) in [6, 6.07) is 15.3. The van der Waals surface area contributed by atoms with Gasteiger partial charge < -0.3 is 16.0 Å². The maximum Gasteiger partial charge on any atom is 0.255 e. The van der Waals surface area contributed by atoms with Gasteiger partial charge in [0.05, 0.1) is 11.6 Å². The van der Waals surface area contributed by atoms with Gasteiger partial charge in [0.1, 0.15) is 0 Å². The van der Waals surface area contributed by atoms with E-state index in [1.807, 2.05) is 62.4 Å². The third-order valence-electron chi connectivity index (χ3n) is 4.03. The van der Waals surface area contributed by atoms with Gasteiger partial charge in [-0.25, -0.2) is 0 Å². The average molecular weight is 416 g/mol. The van der Waals surface area contributed by atoms with Crippen LogP contribution in [0.15, 0.2) is 64.3 Å². The van der Waals surface area contributed by atoms with E-state index in [4.69, 9.17) is 12.2 Å². The highest BCUT2D eigenvalue weighted by Gasteiger charge is 2.29. The molecule has 0 unspecified atom stereocenters. The third-order valence-corrected chi connectivity index (χ3v) is 4.78. The van der Waals surface area contributed by atoms with Crippen LogP contribution in [0.3, 0.4) is 0 Å². The molecule has 1 aliphatic heterocycles. The van der Waals surface area contributed by atoms with E-state index in [9.17, 15) is 4.79 Å². The first-order valence-electron chi connectivity index (χ1n) is 7.86. The lowest BCUT2D eigenvalue weighted by molar-refractivity contribution is -0.113. The molecule has 0 saturated carbocycles. The Morgan fingerprint density at radius 1 is 1.08 bits per heavy atom.